The molecular weight excluding hydrogens is 198 g/mol. The summed E-state index contributed by atoms with van der Waals surface area (Å²) in [6, 6.07) is 4.48. The van der Waals surface area contributed by atoms with Gasteiger partial charge in [-0.3, -0.25) is 10.1 Å². The van der Waals surface area contributed by atoms with E-state index in [0.717, 1.165) is 5.56 Å². The molecule has 5 heteroatoms. The Bertz CT molecular complexity index is 351. The number of rotatable bonds is 5. The van der Waals surface area contributed by atoms with Crippen molar-refractivity contribution in [2.24, 2.45) is 0 Å². The number of ether oxygens (including phenoxy) is 1. The van der Waals surface area contributed by atoms with E-state index < -0.39 is 4.92 Å². The molecule has 0 amide bonds. The number of non-ortho nitro benzene ring substituents is 1. The Kier molecular flexibility index (Phi) is 4.05. The summed E-state index contributed by atoms with van der Waals surface area (Å²) >= 11 is 0. The SMILES string of the molecule is Cc1ccc([N+](=O)[O-])cc1OCCCO. The van der Waals surface area contributed by atoms with Crippen LogP contribution in [-0.2, 0) is 0 Å². The Labute approximate surface area is 87.5 Å². The van der Waals surface area contributed by atoms with E-state index in [-0.39, 0.29) is 12.3 Å². The van der Waals surface area contributed by atoms with Crippen molar-refractivity contribution in [3.8, 4) is 5.75 Å². The van der Waals surface area contributed by atoms with Crippen molar-refractivity contribution in [2.45, 2.75) is 13.3 Å². The molecule has 0 heterocycles. The van der Waals surface area contributed by atoms with Gasteiger partial charge in [-0.25, -0.2) is 0 Å². The van der Waals surface area contributed by atoms with Crippen LogP contribution >= 0.6 is 0 Å². The van der Waals surface area contributed by atoms with Crippen LogP contribution in [0.2, 0.25) is 0 Å². The Morgan fingerprint density at radius 2 is 2.27 bits per heavy atom. The first-order valence-electron chi connectivity index (χ1n) is 4.64. The maximum absolute atomic E-state index is 10.5. The fourth-order valence-electron chi connectivity index (χ4n) is 1.10. The average Bonchev–Trinajstić information content (AvgIpc) is 2.20. The van der Waals surface area contributed by atoms with Crippen molar-refractivity contribution in [3.05, 3.63) is 33.9 Å². The lowest BCUT2D eigenvalue weighted by Crippen LogP contribution is -2.01. The van der Waals surface area contributed by atoms with Gasteiger partial charge >= 0.3 is 0 Å². The highest BCUT2D eigenvalue weighted by molar-refractivity contribution is 5.43. The van der Waals surface area contributed by atoms with E-state index in [2.05, 4.69) is 0 Å². The smallest absolute Gasteiger partial charge is 0.273 e. The Hall–Kier alpha value is -1.62. The first kappa shape index (κ1) is 11.5. The number of aliphatic hydroxyl groups is 1. The summed E-state index contributed by atoms with van der Waals surface area (Å²) in [5, 5.41) is 19.1. The largest absolute Gasteiger partial charge is 0.493 e. The van der Waals surface area contributed by atoms with Crippen LogP contribution in [0.15, 0.2) is 18.2 Å². The molecule has 5 nitrogen and oxygen atoms in total. The zero-order valence-electron chi connectivity index (χ0n) is 8.47. The van der Waals surface area contributed by atoms with Crippen molar-refractivity contribution < 1.29 is 14.8 Å². The molecule has 0 saturated heterocycles. The van der Waals surface area contributed by atoms with Crippen molar-refractivity contribution in [1.29, 1.82) is 0 Å². The lowest BCUT2D eigenvalue weighted by molar-refractivity contribution is -0.384. The highest BCUT2D eigenvalue weighted by Gasteiger charge is 2.09. The Morgan fingerprint density at radius 3 is 2.87 bits per heavy atom. The number of benzene rings is 1. The summed E-state index contributed by atoms with van der Waals surface area (Å²) in [4.78, 5) is 10.0. The molecule has 0 aliphatic rings. The minimum atomic E-state index is -0.460. The highest BCUT2D eigenvalue weighted by Crippen LogP contribution is 2.23. The Balaban J connectivity index is 2.76. The fraction of sp³-hybridized carbons (Fsp3) is 0.400. The van der Waals surface area contributed by atoms with Gasteiger partial charge in [0.05, 0.1) is 17.6 Å². The zero-order chi connectivity index (χ0) is 11.3. The second kappa shape index (κ2) is 5.31. The zero-order valence-corrected chi connectivity index (χ0v) is 8.47. The number of nitrogens with zero attached hydrogens (tertiary/aromatic N) is 1. The van der Waals surface area contributed by atoms with Crippen LogP contribution in [-0.4, -0.2) is 23.2 Å². The summed E-state index contributed by atoms with van der Waals surface area (Å²) in [5.41, 5.74) is 0.859. The molecular formula is C10H13NO4. The predicted octanol–water partition coefficient (Wildman–Crippen LogP) is 1.66. The van der Waals surface area contributed by atoms with Gasteiger partial charge in [0.2, 0.25) is 0 Å². The molecule has 0 aromatic heterocycles. The van der Waals surface area contributed by atoms with E-state index in [1.165, 1.54) is 12.1 Å². The monoisotopic (exact) mass is 211 g/mol. The van der Waals surface area contributed by atoms with E-state index in [0.29, 0.717) is 18.8 Å². The molecule has 1 rings (SSSR count). The van der Waals surface area contributed by atoms with Gasteiger partial charge in [0.25, 0.3) is 5.69 Å². The first-order valence-corrected chi connectivity index (χ1v) is 4.64. The van der Waals surface area contributed by atoms with Gasteiger partial charge in [0, 0.05) is 19.1 Å². The summed E-state index contributed by atoms with van der Waals surface area (Å²) in [6.45, 7) is 2.23. The van der Waals surface area contributed by atoms with E-state index in [1.807, 2.05) is 6.92 Å². The molecule has 1 aromatic rings. The third-order valence-corrected chi connectivity index (χ3v) is 1.94. The van der Waals surface area contributed by atoms with Crippen LogP contribution in [0.4, 0.5) is 5.69 Å². The van der Waals surface area contributed by atoms with Crippen molar-refractivity contribution in [1.82, 2.24) is 0 Å². The molecule has 0 aliphatic carbocycles. The molecule has 0 unspecified atom stereocenters. The quantitative estimate of drug-likeness (QED) is 0.456. The molecule has 0 aliphatic heterocycles. The maximum Gasteiger partial charge on any atom is 0.273 e. The van der Waals surface area contributed by atoms with Gasteiger partial charge in [-0.1, -0.05) is 0 Å². The van der Waals surface area contributed by atoms with Crippen LogP contribution in [0, 0.1) is 17.0 Å². The molecule has 0 fully saturated rings. The first-order chi connectivity index (χ1) is 7.15. The molecule has 82 valence electrons. The van der Waals surface area contributed by atoms with Crippen LogP contribution in [0.25, 0.3) is 0 Å². The maximum atomic E-state index is 10.5. The predicted molar refractivity (Wildman–Crippen MR) is 55.0 cm³/mol. The van der Waals surface area contributed by atoms with Crippen LogP contribution in [0.1, 0.15) is 12.0 Å². The average molecular weight is 211 g/mol. The van der Waals surface area contributed by atoms with E-state index in [1.54, 1.807) is 6.07 Å². The third kappa shape index (κ3) is 3.21. The summed E-state index contributed by atoms with van der Waals surface area (Å²) in [7, 11) is 0. The van der Waals surface area contributed by atoms with Crippen molar-refractivity contribution >= 4 is 5.69 Å². The molecule has 1 aromatic carbocycles. The number of nitro groups is 1. The summed E-state index contributed by atoms with van der Waals surface area (Å²) in [6.07, 6.45) is 0.516. The van der Waals surface area contributed by atoms with Crippen LogP contribution in [0.3, 0.4) is 0 Å². The number of aliphatic hydroxyl groups excluding tert-OH is 1. The fourth-order valence-corrected chi connectivity index (χ4v) is 1.10. The molecule has 15 heavy (non-hydrogen) atoms. The van der Waals surface area contributed by atoms with Gasteiger partial charge in [-0.2, -0.15) is 0 Å². The van der Waals surface area contributed by atoms with E-state index in [9.17, 15) is 10.1 Å². The second-order valence-corrected chi connectivity index (χ2v) is 3.13. The molecule has 0 radical (unpaired) electrons. The Morgan fingerprint density at radius 1 is 1.53 bits per heavy atom. The minimum Gasteiger partial charge on any atom is -0.493 e. The van der Waals surface area contributed by atoms with Gasteiger partial charge in [0.1, 0.15) is 5.75 Å². The normalized spacial score (nSPS) is 10.0. The molecule has 0 atom stereocenters. The third-order valence-electron chi connectivity index (χ3n) is 1.94. The van der Waals surface area contributed by atoms with Crippen molar-refractivity contribution in [3.63, 3.8) is 0 Å². The van der Waals surface area contributed by atoms with Crippen LogP contribution < -0.4 is 4.74 Å². The van der Waals surface area contributed by atoms with Gasteiger partial charge in [-0.15, -0.1) is 0 Å². The standard InChI is InChI=1S/C10H13NO4/c1-8-3-4-9(11(13)14)7-10(8)15-6-2-5-12/h3-4,7,12H,2,5-6H2,1H3. The number of hydrogen-bond acceptors (Lipinski definition) is 4. The molecule has 0 bridgehead atoms. The number of aryl methyl sites for hydroxylation is 1. The van der Waals surface area contributed by atoms with Crippen molar-refractivity contribution in [2.75, 3.05) is 13.2 Å². The lowest BCUT2D eigenvalue weighted by Gasteiger charge is -2.07. The van der Waals surface area contributed by atoms with E-state index in [4.69, 9.17) is 9.84 Å². The minimum absolute atomic E-state index is 0.0135. The molecule has 0 saturated carbocycles. The van der Waals surface area contributed by atoms with Crippen LogP contribution in [0.5, 0.6) is 5.75 Å². The number of hydrogen-bond donors (Lipinski definition) is 1. The number of nitro benzene ring substituents is 1. The summed E-state index contributed by atoms with van der Waals surface area (Å²) in [5.74, 6) is 0.498. The van der Waals surface area contributed by atoms with Gasteiger partial charge < -0.3 is 9.84 Å². The molecule has 0 spiro atoms. The summed E-state index contributed by atoms with van der Waals surface area (Å²) < 4.78 is 5.30. The second-order valence-electron chi connectivity index (χ2n) is 3.13. The van der Waals surface area contributed by atoms with Gasteiger partial charge in [0.15, 0.2) is 0 Å². The molecule has 1 N–H and O–H groups in total. The van der Waals surface area contributed by atoms with Gasteiger partial charge in [-0.05, 0) is 18.6 Å². The topological polar surface area (TPSA) is 72.6 Å². The lowest BCUT2D eigenvalue weighted by atomic mass is 10.2. The highest BCUT2D eigenvalue weighted by atomic mass is 16.6. The van der Waals surface area contributed by atoms with E-state index >= 15 is 0 Å².